The molecule has 0 spiro atoms. The van der Waals surface area contributed by atoms with Gasteiger partial charge in [0.25, 0.3) is 0 Å². The number of halogens is 2. The Kier molecular flexibility index (Phi) is 4.70. The average molecular weight is 389 g/mol. The summed E-state index contributed by atoms with van der Waals surface area (Å²) in [6, 6.07) is 13.5. The van der Waals surface area contributed by atoms with E-state index in [1.807, 2.05) is 42.5 Å². The first-order valence-electron chi connectivity index (χ1n) is 5.30. The summed E-state index contributed by atoms with van der Waals surface area (Å²) < 4.78 is 1.07. The summed E-state index contributed by atoms with van der Waals surface area (Å²) in [5, 5.41) is 0.716. The first kappa shape index (κ1) is 13.9. The molecular weight excluding hydrogens is 379 g/mol. The van der Waals surface area contributed by atoms with Gasteiger partial charge >= 0.3 is 0 Å². The van der Waals surface area contributed by atoms with Gasteiger partial charge in [0.2, 0.25) is 0 Å². The second kappa shape index (κ2) is 6.08. The number of benzene rings is 2. The van der Waals surface area contributed by atoms with Crippen LogP contribution in [0.4, 0.5) is 0 Å². The molecule has 0 heterocycles. The minimum atomic E-state index is 0.0879. The van der Waals surface area contributed by atoms with Crippen LogP contribution in [0.3, 0.4) is 0 Å². The Labute approximate surface area is 129 Å². The van der Waals surface area contributed by atoms with Gasteiger partial charge in [-0.15, -0.1) is 0 Å². The van der Waals surface area contributed by atoms with Crippen molar-refractivity contribution in [2.24, 2.45) is 0 Å². The predicted octanol–water partition coefficient (Wildman–Crippen LogP) is 5.30. The minimum Gasteiger partial charge on any atom is -0.294 e. The van der Waals surface area contributed by atoms with Gasteiger partial charge < -0.3 is 0 Å². The van der Waals surface area contributed by atoms with Crippen molar-refractivity contribution in [2.45, 2.75) is 16.7 Å². The fraction of sp³-hybridized carbons (Fsp3) is 0.0714. The van der Waals surface area contributed by atoms with Crippen molar-refractivity contribution >= 4 is 51.7 Å². The zero-order chi connectivity index (χ0) is 13.1. The Morgan fingerprint density at radius 2 is 1.83 bits per heavy atom. The Bertz CT molecular complexity index is 581. The summed E-state index contributed by atoms with van der Waals surface area (Å²) >= 11 is 9.64. The smallest absolute Gasteiger partial charge is 0.160 e. The third kappa shape index (κ3) is 3.49. The van der Waals surface area contributed by atoms with E-state index in [-0.39, 0.29) is 5.78 Å². The van der Waals surface area contributed by atoms with Gasteiger partial charge in [0.15, 0.2) is 5.78 Å². The molecule has 0 aliphatic heterocycles. The Morgan fingerprint density at radius 1 is 1.17 bits per heavy atom. The van der Waals surface area contributed by atoms with Crippen LogP contribution in [-0.4, -0.2) is 5.78 Å². The maximum Gasteiger partial charge on any atom is 0.160 e. The number of hydrogen-bond acceptors (Lipinski definition) is 2. The molecule has 0 aliphatic carbocycles. The van der Waals surface area contributed by atoms with E-state index in [2.05, 4.69) is 22.6 Å². The molecule has 2 rings (SSSR count). The summed E-state index contributed by atoms with van der Waals surface area (Å²) in [7, 11) is 0. The fourth-order valence-electron chi connectivity index (χ4n) is 1.50. The minimum absolute atomic E-state index is 0.0879. The summed E-state index contributed by atoms with van der Waals surface area (Å²) in [6.45, 7) is 1.59. The van der Waals surface area contributed by atoms with E-state index in [0.717, 1.165) is 18.9 Å². The lowest BCUT2D eigenvalue weighted by molar-refractivity contribution is 0.101. The van der Waals surface area contributed by atoms with Crippen molar-refractivity contribution in [1.82, 2.24) is 0 Å². The highest BCUT2D eigenvalue weighted by Gasteiger charge is 2.09. The molecule has 2 aromatic carbocycles. The number of carbonyl (C=O) groups is 1. The number of ketones is 1. The van der Waals surface area contributed by atoms with Crippen LogP contribution in [0.1, 0.15) is 17.3 Å². The number of hydrogen-bond donors (Lipinski definition) is 0. The van der Waals surface area contributed by atoms with Crippen molar-refractivity contribution in [3.05, 3.63) is 56.6 Å². The van der Waals surface area contributed by atoms with Gasteiger partial charge in [-0.1, -0.05) is 23.4 Å². The highest BCUT2D eigenvalue weighted by Crippen LogP contribution is 2.32. The zero-order valence-electron chi connectivity index (χ0n) is 9.61. The largest absolute Gasteiger partial charge is 0.294 e. The summed E-state index contributed by atoms with van der Waals surface area (Å²) in [5.41, 5.74) is 0.766. The van der Waals surface area contributed by atoms with Crippen LogP contribution >= 0.6 is 46.0 Å². The van der Waals surface area contributed by atoms with Crippen LogP contribution in [0, 0.1) is 3.57 Å². The molecule has 0 fully saturated rings. The van der Waals surface area contributed by atoms with Gasteiger partial charge in [-0.2, -0.15) is 0 Å². The quantitative estimate of drug-likeness (QED) is 0.524. The maximum absolute atomic E-state index is 11.6. The molecule has 0 aromatic heterocycles. The van der Waals surface area contributed by atoms with E-state index in [9.17, 15) is 4.79 Å². The van der Waals surface area contributed by atoms with Crippen molar-refractivity contribution in [3.63, 3.8) is 0 Å². The second-order valence-corrected chi connectivity index (χ2v) is 6.55. The van der Waals surface area contributed by atoms with E-state index >= 15 is 0 Å². The van der Waals surface area contributed by atoms with Crippen LogP contribution in [0.2, 0.25) is 5.02 Å². The van der Waals surface area contributed by atoms with Crippen LogP contribution in [0.5, 0.6) is 0 Å². The molecule has 18 heavy (non-hydrogen) atoms. The SMILES string of the molecule is CC(=O)c1cc(I)ccc1Sc1ccc(Cl)cc1. The third-order valence-corrected chi connectivity index (χ3v) is 4.37. The van der Waals surface area contributed by atoms with Crippen LogP contribution in [0.25, 0.3) is 0 Å². The molecule has 4 heteroatoms. The van der Waals surface area contributed by atoms with Crippen molar-refractivity contribution in [3.8, 4) is 0 Å². The molecule has 0 radical (unpaired) electrons. The molecule has 0 N–H and O–H groups in total. The van der Waals surface area contributed by atoms with Crippen molar-refractivity contribution in [2.75, 3.05) is 0 Å². The first-order valence-corrected chi connectivity index (χ1v) is 7.57. The predicted molar refractivity (Wildman–Crippen MR) is 84.7 cm³/mol. The monoisotopic (exact) mass is 388 g/mol. The molecule has 0 saturated carbocycles. The highest BCUT2D eigenvalue weighted by atomic mass is 127. The second-order valence-electron chi connectivity index (χ2n) is 3.75. The van der Waals surface area contributed by atoms with Gasteiger partial charge in [-0.05, 0) is 72.0 Å². The number of carbonyl (C=O) groups excluding carboxylic acids is 1. The molecule has 92 valence electrons. The summed E-state index contributed by atoms with van der Waals surface area (Å²) in [4.78, 5) is 13.7. The van der Waals surface area contributed by atoms with E-state index in [0.29, 0.717) is 5.02 Å². The molecule has 0 bridgehead atoms. The molecule has 0 saturated heterocycles. The Hall–Kier alpha value is -0.520. The highest BCUT2D eigenvalue weighted by molar-refractivity contribution is 14.1. The molecular formula is C14H10ClIOS. The van der Waals surface area contributed by atoms with E-state index < -0.39 is 0 Å². The van der Waals surface area contributed by atoms with Crippen LogP contribution < -0.4 is 0 Å². The zero-order valence-corrected chi connectivity index (χ0v) is 13.3. The Morgan fingerprint density at radius 3 is 2.44 bits per heavy atom. The normalized spacial score (nSPS) is 10.4. The lowest BCUT2D eigenvalue weighted by Gasteiger charge is -2.07. The van der Waals surface area contributed by atoms with E-state index in [4.69, 9.17) is 11.6 Å². The van der Waals surface area contributed by atoms with Gasteiger partial charge in [-0.25, -0.2) is 0 Å². The Balaban J connectivity index is 2.34. The van der Waals surface area contributed by atoms with Crippen molar-refractivity contribution < 1.29 is 4.79 Å². The van der Waals surface area contributed by atoms with Crippen LogP contribution in [0.15, 0.2) is 52.3 Å². The van der Waals surface area contributed by atoms with Gasteiger partial charge in [0.05, 0.1) is 0 Å². The van der Waals surface area contributed by atoms with Gasteiger partial charge in [-0.3, -0.25) is 4.79 Å². The first-order chi connectivity index (χ1) is 8.56. The van der Waals surface area contributed by atoms with Gasteiger partial charge in [0.1, 0.15) is 0 Å². The molecule has 2 aromatic rings. The topological polar surface area (TPSA) is 17.1 Å². The molecule has 0 atom stereocenters. The molecule has 0 amide bonds. The summed E-state index contributed by atoms with van der Waals surface area (Å²) in [6.07, 6.45) is 0. The van der Waals surface area contributed by atoms with E-state index in [1.54, 1.807) is 18.7 Å². The standard InChI is InChI=1S/C14H10ClIOS/c1-9(17)13-8-11(16)4-7-14(13)18-12-5-2-10(15)3-6-12/h2-8H,1H3. The third-order valence-electron chi connectivity index (χ3n) is 2.36. The lowest BCUT2D eigenvalue weighted by Crippen LogP contribution is -1.95. The van der Waals surface area contributed by atoms with E-state index in [1.165, 1.54) is 0 Å². The number of Topliss-reactive ketones (excluding diaryl/α,β-unsaturated/α-hetero) is 1. The van der Waals surface area contributed by atoms with Crippen molar-refractivity contribution in [1.29, 1.82) is 0 Å². The molecule has 1 nitrogen and oxygen atoms in total. The number of rotatable bonds is 3. The fourth-order valence-corrected chi connectivity index (χ4v) is 3.09. The summed E-state index contributed by atoms with van der Waals surface area (Å²) in [5.74, 6) is 0.0879. The van der Waals surface area contributed by atoms with Crippen LogP contribution in [-0.2, 0) is 0 Å². The average Bonchev–Trinajstić information content (AvgIpc) is 2.34. The van der Waals surface area contributed by atoms with Gasteiger partial charge in [0, 0.05) is 23.9 Å². The maximum atomic E-state index is 11.6. The molecule has 0 aliphatic rings. The molecule has 0 unspecified atom stereocenters. The lowest BCUT2D eigenvalue weighted by atomic mass is 10.1.